The molecule has 8 heteroatoms. The highest BCUT2D eigenvalue weighted by Crippen LogP contribution is 2.37. The molecule has 0 fully saturated rings. The zero-order valence-corrected chi connectivity index (χ0v) is 19.6. The summed E-state index contributed by atoms with van der Waals surface area (Å²) in [5.74, 6) is 3.37. The van der Waals surface area contributed by atoms with Crippen LogP contribution in [0.2, 0.25) is 0 Å². The van der Waals surface area contributed by atoms with Gasteiger partial charge < -0.3 is 24.1 Å². The van der Waals surface area contributed by atoms with Crippen LogP contribution in [0, 0.1) is 6.92 Å². The summed E-state index contributed by atoms with van der Waals surface area (Å²) in [6, 6.07) is 16.1. The van der Waals surface area contributed by atoms with Crippen LogP contribution in [0.15, 0.2) is 54.6 Å². The van der Waals surface area contributed by atoms with Gasteiger partial charge >= 0.3 is 0 Å². The number of benzene rings is 3. The molecular formula is C26H25N3O5. The minimum absolute atomic E-state index is 0.0139. The zero-order valence-electron chi connectivity index (χ0n) is 19.6. The highest BCUT2D eigenvalue weighted by Gasteiger charge is 2.19. The van der Waals surface area contributed by atoms with Crippen LogP contribution in [0.25, 0.3) is 34.2 Å². The van der Waals surface area contributed by atoms with Crippen LogP contribution < -0.4 is 18.9 Å². The second-order valence-corrected chi connectivity index (χ2v) is 7.46. The molecule has 34 heavy (non-hydrogen) atoms. The third-order valence-electron chi connectivity index (χ3n) is 5.33. The molecule has 0 saturated heterocycles. The fourth-order valence-electron chi connectivity index (χ4n) is 3.53. The first-order valence-corrected chi connectivity index (χ1v) is 10.5. The highest BCUT2D eigenvalue weighted by molar-refractivity contribution is 5.74. The van der Waals surface area contributed by atoms with Crippen molar-refractivity contribution in [2.24, 2.45) is 0 Å². The van der Waals surface area contributed by atoms with Crippen LogP contribution in [0.1, 0.15) is 5.56 Å². The maximum absolute atomic E-state index is 10.7. The van der Waals surface area contributed by atoms with E-state index in [4.69, 9.17) is 23.9 Å². The maximum Gasteiger partial charge on any atom is 0.167 e. The summed E-state index contributed by atoms with van der Waals surface area (Å²) >= 11 is 0. The van der Waals surface area contributed by atoms with Crippen LogP contribution >= 0.6 is 0 Å². The standard InChI is InChI=1S/C26H25N3O5/c1-15-6-9-19(22(12-15)33-4)25-27-24(18-10-7-16(31-2)13-21(18)30)28-26(29-25)20-11-8-17(32-3)14-23(20)34-5/h6-14,30H,1-5H3. The van der Waals surface area contributed by atoms with Crippen molar-refractivity contribution in [2.75, 3.05) is 28.4 Å². The van der Waals surface area contributed by atoms with Gasteiger partial charge in [0.05, 0.1) is 45.1 Å². The number of hydrogen-bond acceptors (Lipinski definition) is 8. The quantitative estimate of drug-likeness (QED) is 0.416. The molecule has 4 aromatic rings. The van der Waals surface area contributed by atoms with Gasteiger partial charge in [0.15, 0.2) is 17.5 Å². The van der Waals surface area contributed by atoms with Crippen LogP contribution in [-0.4, -0.2) is 48.5 Å². The number of phenols is 1. The molecule has 8 nitrogen and oxygen atoms in total. The smallest absolute Gasteiger partial charge is 0.167 e. The molecule has 0 aliphatic rings. The van der Waals surface area contributed by atoms with E-state index in [0.29, 0.717) is 57.2 Å². The molecule has 0 atom stereocenters. The number of aryl methyl sites for hydroxylation is 1. The molecule has 3 aromatic carbocycles. The van der Waals surface area contributed by atoms with Crippen molar-refractivity contribution in [1.82, 2.24) is 15.0 Å². The molecule has 0 radical (unpaired) electrons. The second-order valence-electron chi connectivity index (χ2n) is 7.46. The van der Waals surface area contributed by atoms with Crippen LogP contribution in [0.4, 0.5) is 0 Å². The number of phenolic OH excluding ortho intramolecular Hbond substituents is 1. The van der Waals surface area contributed by atoms with Crippen LogP contribution in [0.5, 0.6) is 28.7 Å². The number of methoxy groups -OCH3 is 4. The van der Waals surface area contributed by atoms with Crippen molar-refractivity contribution in [1.29, 1.82) is 0 Å². The Kier molecular flexibility index (Phi) is 6.49. The third kappa shape index (κ3) is 4.43. The van der Waals surface area contributed by atoms with E-state index >= 15 is 0 Å². The summed E-state index contributed by atoms with van der Waals surface area (Å²) in [6.45, 7) is 1.98. The van der Waals surface area contributed by atoms with Crippen molar-refractivity contribution in [3.63, 3.8) is 0 Å². The van der Waals surface area contributed by atoms with E-state index in [1.54, 1.807) is 45.6 Å². The average molecular weight is 460 g/mol. The molecule has 1 heterocycles. The minimum Gasteiger partial charge on any atom is -0.507 e. The lowest BCUT2D eigenvalue weighted by atomic mass is 10.1. The van der Waals surface area contributed by atoms with E-state index < -0.39 is 0 Å². The maximum atomic E-state index is 10.7. The Morgan fingerprint density at radius 1 is 0.559 bits per heavy atom. The lowest BCUT2D eigenvalue weighted by Crippen LogP contribution is -2.02. The van der Waals surface area contributed by atoms with Crippen molar-refractivity contribution in [3.8, 4) is 62.9 Å². The van der Waals surface area contributed by atoms with Crippen molar-refractivity contribution in [3.05, 3.63) is 60.2 Å². The van der Waals surface area contributed by atoms with Gasteiger partial charge in [-0.15, -0.1) is 0 Å². The Morgan fingerprint density at radius 3 is 1.56 bits per heavy atom. The lowest BCUT2D eigenvalue weighted by molar-refractivity contribution is 0.395. The summed E-state index contributed by atoms with van der Waals surface area (Å²) < 4.78 is 21.7. The van der Waals surface area contributed by atoms with E-state index in [-0.39, 0.29) is 5.75 Å². The van der Waals surface area contributed by atoms with E-state index in [9.17, 15) is 5.11 Å². The summed E-state index contributed by atoms with van der Waals surface area (Å²) in [5.41, 5.74) is 2.81. The Hall–Kier alpha value is -4.33. The van der Waals surface area contributed by atoms with Gasteiger partial charge in [0.25, 0.3) is 0 Å². The Bertz CT molecular complexity index is 1340. The molecule has 4 rings (SSSR count). The molecule has 1 aromatic heterocycles. The van der Waals surface area contributed by atoms with E-state index in [0.717, 1.165) is 5.56 Å². The van der Waals surface area contributed by atoms with Crippen molar-refractivity contribution < 1.29 is 24.1 Å². The van der Waals surface area contributed by atoms with Gasteiger partial charge in [0.2, 0.25) is 0 Å². The predicted molar refractivity (Wildman–Crippen MR) is 129 cm³/mol. The normalized spacial score (nSPS) is 10.6. The summed E-state index contributed by atoms with van der Waals surface area (Å²) in [4.78, 5) is 14.1. The zero-order chi connectivity index (χ0) is 24.2. The van der Waals surface area contributed by atoms with Gasteiger partial charge in [-0.25, -0.2) is 15.0 Å². The van der Waals surface area contributed by atoms with Gasteiger partial charge in [-0.3, -0.25) is 0 Å². The number of nitrogens with zero attached hydrogens (tertiary/aromatic N) is 3. The molecular weight excluding hydrogens is 434 g/mol. The second kappa shape index (κ2) is 9.66. The Labute approximate surface area is 197 Å². The Balaban J connectivity index is 1.98. The molecule has 0 unspecified atom stereocenters. The summed E-state index contributed by atoms with van der Waals surface area (Å²) in [5, 5.41) is 10.7. The van der Waals surface area contributed by atoms with Gasteiger partial charge in [-0.1, -0.05) is 6.07 Å². The molecule has 0 spiro atoms. The van der Waals surface area contributed by atoms with Gasteiger partial charge in [0.1, 0.15) is 28.7 Å². The fraction of sp³-hybridized carbons (Fsp3) is 0.192. The lowest BCUT2D eigenvalue weighted by Gasteiger charge is -2.14. The first-order valence-electron chi connectivity index (χ1n) is 10.5. The number of hydrogen-bond donors (Lipinski definition) is 1. The van der Waals surface area contributed by atoms with Crippen molar-refractivity contribution >= 4 is 0 Å². The SMILES string of the molecule is COc1ccc(-c2nc(-c3ccc(C)cc3OC)nc(-c3ccc(OC)cc3OC)n2)c(O)c1. The largest absolute Gasteiger partial charge is 0.507 e. The molecule has 0 bridgehead atoms. The van der Waals surface area contributed by atoms with Crippen LogP contribution in [-0.2, 0) is 0 Å². The summed E-state index contributed by atoms with van der Waals surface area (Å²) in [7, 11) is 6.29. The highest BCUT2D eigenvalue weighted by atomic mass is 16.5. The number of rotatable bonds is 7. The topological polar surface area (TPSA) is 95.8 Å². The minimum atomic E-state index is -0.0139. The molecule has 1 N–H and O–H groups in total. The van der Waals surface area contributed by atoms with E-state index in [2.05, 4.69) is 9.97 Å². The molecule has 174 valence electrons. The Morgan fingerprint density at radius 2 is 1.03 bits per heavy atom. The average Bonchev–Trinajstić information content (AvgIpc) is 2.87. The first kappa shape index (κ1) is 22.8. The molecule has 0 aliphatic carbocycles. The molecule has 0 amide bonds. The van der Waals surface area contributed by atoms with Crippen LogP contribution in [0.3, 0.4) is 0 Å². The number of aromatic hydroxyl groups is 1. The molecule has 0 saturated carbocycles. The van der Waals surface area contributed by atoms with Gasteiger partial charge in [-0.2, -0.15) is 0 Å². The predicted octanol–water partition coefficient (Wildman–Crippen LogP) is 4.92. The number of ether oxygens (including phenoxy) is 4. The van der Waals surface area contributed by atoms with Gasteiger partial charge in [0, 0.05) is 12.1 Å². The van der Waals surface area contributed by atoms with Gasteiger partial charge in [-0.05, 0) is 48.9 Å². The third-order valence-corrected chi connectivity index (χ3v) is 5.33. The molecule has 0 aliphatic heterocycles. The van der Waals surface area contributed by atoms with E-state index in [1.807, 2.05) is 31.2 Å². The first-order chi connectivity index (χ1) is 16.5. The monoisotopic (exact) mass is 459 g/mol. The van der Waals surface area contributed by atoms with E-state index in [1.165, 1.54) is 13.2 Å². The number of aromatic nitrogens is 3. The van der Waals surface area contributed by atoms with Crippen molar-refractivity contribution in [2.45, 2.75) is 6.92 Å². The summed E-state index contributed by atoms with van der Waals surface area (Å²) in [6.07, 6.45) is 0. The fourth-order valence-corrected chi connectivity index (χ4v) is 3.53.